The molecule has 2 aromatic carbocycles. The van der Waals surface area contributed by atoms with Crippen LogP contribution in [0.3, 0.4) is 0 Å². The molecule has 1 N–H and O–H groups in total. The van der Waals surface area contributed by atoms with Crippen molar-refractivity contribution in [3.8, 4) is 5.88 Å². The Morgan fingerprint density at radius 2 is 1.52 bits per heavy atom. The minimum Gasteiger partial charge on any atom is -0.538 e. The Morgan fingerprint density at radius 1 is 0.963 bits per heavy atom. The zero-order chi connectivity index (χ0) is 19.6. The molecule has 0 radical (unpaired) electrons. The summed E-state index contributed by atoms with van der Waals surface area (Å²) in [6, 6.07) is 15.9. The van der Waals surface area contributed by atoms with Crippen molar-refractivity contribution < 1.29 is 14.6 Å². The van der Waals surface area contributed by atoms with Gasteiger partial charge < -0.3 is 9.76 Å². The van der Waals surface area contributed by atoms with Gasteiger partial charge in [0.05, 0.1) is 0 Å². The second kappa shape index (κ2) is 8.03. The van der Waals surface area contributed by atoms with Gasteiger partial charge in [-0.2, -0.15) is 0 Å². The number of hydrogen-bond acceptors (Lipinski definition) is 3. The first-order valence-electron chi connectivity index (χ1n) is 8.24. The molecule has 0 aliphatic carbocycles. The highest BCUT2D eigenvalue weighted by Gasteiger charge is 2.26. The summed E-state index contributed by atoms with van der Waals surface area (Å²) in [5.41, 5.74) is 3.44. The van der Waals surface area contributed by atoms with E-state index in [0.29, 0.717) is 10.0 Å². The number of rotatable bonds is 5. The first-order valence-corrected chi connectivity index (χ1v) is 9.00. The second-order valence-corrected chi connectivity index (χ2v) is 7.00. The van der Waals surface area contributed by atoms with E-state index < -0.39 is 12.9 Å². The third-order valence-corrected chi connectivity index (χ3v) is 4.99. The van der Waals surface area contributed by atoms with Crippen LogP contribution in [0.1, 0.15) is 21.6 Å². The molecule has 0 amide bonds. The molecule has 136 valence electrons. The molecule has 0 saturated carbocycles. The van der Waals surface area contributed by atoms with Gasteiger partial charge in [0.2, 0.25) is 0 Å². The number of benzene rings is 2. The van der Waals surface area contributed by atoms with Gasteiger partial charge in [-0.3, -0.25) is 0 Å². The summed E-state index contributed by atoms with van der Waals surface area (Å²) in [7, 11) is 0. The summed E-state index contributed by atoms with van der Waals surface area (Å²) in [6.45, 7) is 3.29. The predicted octanol–water partition coefficient (Wildman–Crippen LogP) is 3.89. The quantitative estimate of drug-likeness (QED) is 0.661. The molecule has 0 bridgehead atoms. The molecular weight excluding hydrogens is 384 g/mol. The molecule has 0 fully saturated rings. The van der Waals surface area contributed by atoms with Crippen LogP contribution in [0.4, 0.5) is 0 Å². The normalized spacial score (nSPS) is 10.5. The molecule has 0 aliphatic heterocycles. The summed E-state index contributed by atoms with van der Waals surface area (Å²) >= 11 is 12.6. The number of hydrogen-bond donors (Lipinski definition) is 1. The van der Waals surface area contributed by atoms with Gasteiger partial charge in [0.15, 0.2) is 11.6 Å². The van der Waals surface area contributed by atoms with Gasteiger partial charge in [0.25, 0.3) is 0 Å². The molecule has 0 aliphatic rings. The van der Waals surface area contributed by atoms with E-state index in [0.717, 1.165) is 22.1 Å². The Morgan fingerprint density at radius 3 is 2.00 bits per heavy atom. The van der Waals surface area contributed by atoms with Crippen LogP contribution in [-0.4, -0.2) is 23.0 Å². The van der Waals surface area contributed by atoms with Crippen LogP contribution in [0.5, 0.6) is 5.88 Å². The zero-order valence-electron chi connectivity index (χ0n) is 14.7. The maximum atomic E-state index is 11.2. The van der Waals surface area contributed by atoms with Crippen molar-refractivity contribution in [3.05, 3.63) is 81.5 Å². The minimum absolute atomic E-state index is 0.0878. The lowest BCUT2D eigenvalue weighted by Gasteiger charge is -2.17. The Kier molecular flexibility index (Phi) is 5.73. The fourth-order valence-electron chi connectivity index (χ4n) is 2.59. The first-order chi connectivity index (χ1) is 12.8. The van der Waals surface area contributed by atoms with Crippen LogP contribution in [-0.2, 0) is 0 Å². The molecule has 1 aromatic heterocycles. The molecule has 3 rings (SSSR count). The van der Waals surface area contributed by atoms with E-state index in [1.54, 1.807) is 12.1 Å². The minimum atomic E-state index is -1.12. The van der Waals surface area contributed by atoms with E-state index in [4.69, 9.17) is 33.0 Å². The monoisotopic (exact) mass is 399 g/mol. The Labute approximate surface area is 167 Å². The fourth-order valence-corrected chi connectivity index (χ4v) is 2.97. The van der Waals surface area contributed by atoms with Crippen LogP contribution >= 0.6 is 23.2 Å². The third kappa shape index (κ3) is 4.44. The number of carboxylic acids is 1. The van der Waals surface area contributed by atoms with E-state index in [2.05, 4.69) is 4.98 Å². The molecule has 3 aromatic rings. The fraction of sp³-hybridized carbons (Fsp3) is 0.100. The van der Waals surface area contributed by atoms with Gasteiger partial charge in [-0.15, -0.1) is 0 Å². The number of carbonyl (C=O) groups is 1. The SMILES string of the molecule is Cc1ccc(B(Oc2cccc(C(=O)O)n2)c2ccc(C)c(Cl)c2)cc1Cl. The van der Waals surface area contributed by atoms with Crippen molar-refractivity contribution in [3.63, 3.8) is 0 Å². The van der Waals surface area contributed by atoms with Gasteiger partial charge in [-0.05, 0) is 60.2 Å². The van der Waals surface area contributed by atoms with Gasteiger partial charge >= 0.3 is 12.9 Å². The number of pyridine rings is 1. The molecule has 1 heterocycles. The molecule has 0 atom stereocenters. The molecule has 27 heavy (non-hydrogen) atoms. The summed E-state index contributed by atoms with van der Waals surface area (Å²) in [5.74, 6) is -0.915. The summed E-state index contributed by atoms with van der Waals surface area (Å²) < 4.78 is 6.08. The zero-order valence-corrected chi connectivity index (χ0v) is 16.3. The largest absolute Gasteiger partial charge is 0.538 e. The maximum Gasteiger partial charge on any atom is 0.428 e. The lowest BCUT2D eigenvalue weighted by molar-refractivity contribution is 0.0690. The first kappa shape index (κ1) is 19.3. The average Bonchev–Trinajstić information content (AvgIpc) is 2.65. The Bertz CT molecular complexity index is 959. The highest BCUT2D eigenvalue weighted by atomic mass is 35.5. The maximum absolute atomic E-state index is 11.2. The number of aromatic nitrogens is 1. The van der Waals surface area contributed by atoms with E-state index in [9.17, 15) is 4.79 Å². The Balaban J connectivity index is 2.06. The van der Waals surface area contributed by atoms with Crippen LogP contribution < -0.4 is 15.6 Å². The van der Waals surface area contributed by atoms with E-state index >= 15 is 0 Å². The van der Waals surface area contributed by atoms with Crippen LogP contribution in [0, 0.1) is 13.8 Å². The average molecular weight is 400 g/mol. The second-order valence-electron chi connectivity index (χ2n) is 6.18. The van der Waals surface area contributed by atoms with Crippen LogP contribution in [0.25, 0.3) is 0 Å². The van der Waals surface area contributed by atoms with Crippen molar-refractivity contribution in [2.45, 2.75) is 13.8 Å². The van der Waals surface area contributed by atoms with Crippen molar-refractivity contribution in [2.75, 3.05) is 0 Å². The number of halogens is 2. The molecule has 0 saturated heterocycles. The molecular formula is C20H16BCl2NO3. The van der Waals surface area contributed by atoms with E-state index in [1.807, 2.05) is 50.2 Å². The molecule has 7 heteroatoms. The molecule has 0 unspecified atom stereocenters. The van der Waals surface area contributed by atoms with Crippen LogP contribution in [0.15, 0.2) is 54.6 Å². The van der Waals surface area contributed by atoms with Crippen LogP contribution in [0.2, 0.25) is 10.0 Å². The van der Waals surface area contributed by atoms with Crippen molar-refractivity contribution in [1.29, 1.82) is 0 Å². The van der Waals surface area contributed by atoms with Crippen molar-refractivity contribution in [1.82, 2.24) is 4.98 Å². The van der Waals surface area contributed by atoms with E-state index in [-0.39, 0.29) is 11.6 Å². The topological polar surface area (TPSA) is 59.4 Å². The highest BCUT2D eigenvalue weighted by molar-refractivity contribution is 6.80. The summed E-state index contributed by atoms with van der Waals surface area (Å²) in [4.78, 5) is 15.2. The predicted molar refractivity (Wildman–Crippen MR) is 109 cm³/mol. The van der Waals surface area contributed by atoms with Gasteiger partial charge in [-0.1, -0.05) is 53.5 Å². The number of aromatic carboxylic acids is 1. The third-order valence-electron chi connectivity index (χ3n) is 4.18. The van der Waals surface area contributed by atoms with Gasteiger partial charge in [-0.25, -0.2) is 9.78 Å². The van der Waals surface area contributed by atoms with Crippen molar-refractivity contribution in [2.24, 2.45) is 0 Å². The summed E-state index contributed by atoms with van der Waals surface area (Å²) in [6.07, 6.45) is 0. The van der Waals surface area contributed by atoms with E-state index in [1.165, 1.54) is 6.07 Å². The lowest BCUT2D eigenvalue weighted by atomic mass is 9.55. The molecule has 4 nitrogen and oxygen atoms in total. The molecule has 0 spiro atoms. The number of carboxylic acid groups (broad SMARTS) is 1. The number of nitrogens with zero attached hydrogens (tertiary/aromatic N) is 1. The standard InChI is InChI=1S/C20H16BCl2NO3/c1-12-6-8-14(10-16(12)22)21(15-9-7-13(2)17(23)11-15)27-19-5-3-4-18(24-19)20(25)26/h3-11H,1-2H3,(H,25,26). The number of aryl methyl sites for hydroxylation is 2. The summed E-state index contributed by atoms with van der Waals surface area (Å²) in [5, 5.41) is 10.4. The van der Waals surface area contributed by atoms with Gasteiger partial charge in [0.1, 0.15) is 0 Å². The highest BCUT2D eigenvalue weighted by Crippen LogP contribution is 2.16. The smallest absolute Gasteiger partial charge is 0.428 e. The van der Waals surface area contributed by atoms with Gasteiger partial charge in [0, 0.05) is 10.0 Å². The Hall–Kier alpha value is -2.50. The van der Waals surface area contributed by atoms with Crippen molar-refractivity contribution >= 4 is 47.0 Å². The lowest BCUT2D eigenvalue weighted by Crippen LogP contribution is -2.48.